The molecular weight excluding hydrogens is 348 g/mol. The Kier molecular flexibility index (Phi) is 5.53. The summed E-state index contributed by atoms with van der Waals surface area (Å²) < 4.78 is 11.3. The summed E-state index contributed by atoms with van der Waals surface area (Å²) in [6, 6.07) is 15.5. The Morgan fingerprint density at radius 2 is 1.92 bits per heavy atom. The molecule has 5 nitrogen and oxygen atoms in total. The van der Waals surface area contributed by atoms with Crippen molar-refractivity contribution < 1.29 is 14.3 Å². The first-order valence-electron chi connectivity index (χ1n) is 8.31. The fraction of sp³-hybridized carbons (Fsp3) is 0.200. The van der Waals surface area contributed by atoms with E-state index in [9.17, 15) is 4.79 Å². The van der Waals surface area contributed by atoms with Crippen LogP contribution in [0.15, 0.2) is 54.2 Å². The molecule has 0 radical (unpaired) electrons. The highest BCUT2D eigenvalue weighted by molar-refractivity contribution is 7.80. The number of methoxy groups -OCH3 is 1. The van der Waals surface area contributed by atoms with Crippen molar-refractivity contribution in [2.24, 2.45) is 0 Å². The van der Waals surface area contributed by atoms with E-state index >= 15 is 0 Å². The lowest BCUT2D eigenvalue weighted by Gasteiger charge is -2.11. The summed E-state index contributed by atoms with van der Waals surface area (Å²) in [4.78, 5) is 13.8. The van der Waals surface area contributed by atoms with Crippen LogP contribution in [-0.2, 0) is 11.4 Å². The van der Waals surface area contributed by atoms with Crippen LogP contribution in [0.2, 0.25) is 0 Å². The summed E-state index contributed by atoms with van der Waals surface area (Å²) in [5.74, 6) is 1.13. The van der Waals surface area contributed by atoms with Crippen LogP contribution in [0.1, 0.15) is 18.1 Å². The molecule has 0 spiro atoms. The fourth-order valence-electron chi connectivity index (χ4n) is 2.65. The molecular formula is C20H20N2O3S. The molecule has 0 aromatic heterocycles. The summed E-state index contributed by atoms with van der Waals surface area (Å²) >= 11 is 5.17. The number of ether oxygens (including phenoxy) is 2. The van der Waals surface area contributed by atoms with Crippen LogP contribution >= 0.6 is 12.2 Å². The van der Waals surface area contributed by atoms with E-state index in [1.54, 1.807) is 13.2 Å². The molecule has 6 heteroatoms. The molecule has 1 saturated heterocycles. The number of likely N-dealkylation sites (N-methyl/N-ethyl adjacent to an activating group) is 1. The average Bonchev–Trinajstić information content (AvgIpc) is 2.94. The molecule has 1 N–H and O–H groups in total. The molecule has 1 amide bonds. The van der Waals surface area contributed by atoms with Crippen LogP contribution in [0.25, 0.3) is 6.08 Å². The number of hydrogen-bond donors (Lipinski definition) is 1. The molecule has 1 fully saturated rings. The Morgan fingerprint density at radius 1 is 1.15 bits per heavy atom. The molecule has 1 heterocycles. The van der Waals surface area contributed by atoms with Crippen LogP contribution in [0.5, 0.6) is 11.5 Å². The number of nitrogens with one attached hydrogen (secondary N) is 1. The number of carbonyl (C=O) groups is 1. The number of thiocarbonyl (C=S) groups is 1. The van der Waals surface area contributed by atoms with Gasteiger partial charge >= 0.3 is 0 Å². The zero-order valence-corrected chi connectivity index (χ0v) is 15.5. The summed E-state index contributed by atoms with van der Waals surface area (Å²) in [5, 5.41) is 3.38. The van der Waals surface area contributed by atoms with Crippen molar-refractivity contribution in [1.29, 1.82) is 0 Å². The van der Waals surface area contributed by atoms with Gasteiger partial charge in [0.25, 0.3) is 5.91 Å². The van der Waals surface area contributed by atoms with E-state index in [2.05, 4.69) is 5.32 Å². The third-order valence-corrected chi connectivity index (χ3v) is 4.34. The Bertz CT molecular complexity index is 849. The maximum Gasteiger partial charge on any atom is 0.276 e. The van der Waals surface area contributed by atoms with Gasteiger partial charge in [-0.25, -0.2) is 0 Å². The van der Waals surface area contributed by atoms with Crippen LogP contribution in [0.4, 0.5) is 0 Å². The largest absolute Gasteiger partial charge is 0.493 e. The monoisotopic (exact) mass is 368 g/mol. The van der Waals surface area contributed by atoms with Crippen molar-refractivity contribution in [3.63, 3.8) is 0 Å². The Labute approximate surface area is 158 Å². The number of nitrogens with zero attached hydrogens (tertiary/aromatic N) is 1. The molecule has 0 unspecified atom stereocenters. The SMILES string of the molecule is CCN1C(=O)/C(=C/c2ccc(OCc3ccccc3)c(OC)c2)NC1=S. The van der Waals surface area contributed by atoms with E-state index in [-0.39, 0.29) is 5.91 Å². The van der Waals surface area contributed by atoms with Crippen molar-refractivity contribution in [2.75, 3.05) is 13.7 Å². The Morgan fingerprint density at radius 3 is 2.58 bits per heavy atom. The maximum atomic E-state index is 12.3. The van der Waals surface area contributed by atoms with Crippen LogP contribution in [-0.4, -0.2) is 29.6 Å². The second-order valence-corrected chi connectivity index (χ2v) is 6.11. The molecule has 0 atom stereocenters. The summed E-state index contributed by atoms with van der Waals surface area (Å²) in [6.07, 6.45) is 1.76. The van der Waals surface area contributed by atoms with Crippen molar-refractivity contribution in [3.8, 4) is 11.5 Å². The number of rotatable bonds is 6. The number of benzene rings is 2. The van der Waals surface area contributed by atoms with Crippen LogP contribution < -0.4 is 14.8 Å². The molecule has 2 aromatic rings. The third kappa shape index (κ3) is 3.86. The van der Waals surface area contributed by atoms with Gasteiger partial charge in [-0.3, -0.25) is 9.69 Å². The number of carbonyl (C=O) groups excluding carboxylic acids is 1. The van der Waals surface area contributed by atoms with E-state index in [1.807, 2.05) is 55.5 Å². The fourth-order valence-corrected chi connectivity index (χ4v) is 2.98. The van der Waals surface area contributed by atoms with Crippen molar-refractivity contribution in [2.45, 2.75) is 13.5 Å². The van der Waals surface area contributed by atoms with Gasteiger partial charge in [0.2, 0.25) is 0 Å². The molecule has 26 heavy (non-hydrogen) atoms. The molecule has 1 aliphatic heterocycles. The summed E-state index contributed by atoms with van der Waals surface area (Å²) in [5.41, 5.74) is 2.36. The van der Waals surface area contributed by atoms with Gasteiger partial charge in [0, 0.05) is 6.54 Å². The molecule has 134 valence electrons. The maximum absolute atomic E-state index is 12.3. The number of hydrogen-bond acceptors (Lipinski definition) is 4. The van der Waals surface area contributed by atoms with Gasteiger partial charge in [-0.1, -0.05) is 36.4 Å². The van der Waals surface area contributed by atoms with E-state index in [0.29, 0.717) is 35.5 Å². The first-order chi connectivity index (χ1) is 12.6. The molecule has 0 saturated carbocycles. The zero-order chi connectivity index (χ0) is 18.5. The first-order valence-corrected chi connectivity index (χ1v) is 8.72. The first kappa shape index (κ1) is 17.9. The van der Waals surface area contributed by atoms with E-state index in [1.165, 1.54) is 4.90 Å². The highest BCUT2D eigenvalue weighted by Gasteiger charge is 2.29. The standard InChI is InChI=1S/C20H20N2O3S/c1-3-22-19(23)16(21-20(22)26)11-15-9-10-17(18(12-15)24-2)25-13-14-7-5-4-6-8-14/h4-12H,3,13H2,1-2H3,(H,21,26)/b16-11-. The lowest BCUT2D eigenvalue weighted by atomic mass is 10.1. The lowest BCUT2D eigenvalue weighted by Crippen LogP contribution is -2.30. The topological polar surface area (TPSA) is 50.8 Å². The number of amides is 1. The zero-order valence-electron chi connectivity index (χ0n) is 14.7. The second-order valence-electron chi connectivity index (χ2n) is 5.72. The van der Waals surface area contributed by atoms with Crippen molar-refractivity contribution in [1.82, 2.24) is 10.2 Å². The smallest absolute Gasteiger partial charge is 0.276 e. The van der Waals surface area contributed by atoms with Gasteiger partial charge in [-0.15, -0.1) is 0 Å². The highest BCUT2D eigenvalue weighted by Crippen LogP contribution is 2.30. The normalized spacial score (nSPS) is 15.3. The van der Waals surface area contributed by atoms with Gasteiger partial charge in [0.1, 0.15) is 12.3 Å². The predicted molar refractivity (Wildman–Crippen MR) is 105 cm³/mol. The minimum atomic E-state index is -0.124. The van der Waals surface area contributed by atoms with Crippen LogP contribution in [0.3, 0.4) is 0 Å². The average molecular weight is 368 g/mol. The van der Waals surface area contributed by atoms with Gasteiger partial charge in [0.05, 0.1) is 7.11 Å². The van der Waals surface area contributed by atoms with Crippen molar-refractivity contribution in [3.05, 3.63) is 65.4 Å². The molecule has 3 rings (SSSR count). The van der Waals surface area contributed by atoms with Crippen molar-refractivity contribution >= 4 is 29.3 Å². The molecule has 1 aliphatic rings. The van der Waals surface area contributed by atoms with E-state index in [0.717, 1.165) is 11.1 Å². The lowest BCUT2D eigenvalue weighted by molar-refractivity contribution is -0.122. The molecule has 0 aliphatic carbocycles. The molecule has 0 bridgehead atoms. The van der Waals surface area contributed by atoms with Crippen LogP contribution in [0, 0.1) is 0 Å². The Hall–Kier alpha value is -2.86. The third-order valence-electron chi connectivity index (χ3n) is 4.01. The summed E-state index contributed by atoms with van der Waals surface area (Å²) in [6.45, 7) is 2.88. The Balaban J connectivity index is 1.77. The van der Waals surface area contributed by atoms with Gasteiger partial charge in [-0.2, -0.15) is 0 Å². The minimum Gasteiger partial charge on any atom is -0.493 e. The second kappa shape index (κ2) is 8.01. The quantitative estimate of drug-likeness (QED) is 0.626. The van der Waals surface area contributed by atoms with Gasteiger partial charge in [-0.05, 0) is 48.5 Å². The highest BCUT2D eigenvalue weighted by atomic mass is 32.1. The van der Waals surface area contributed by atoms with E-state index in [4.69, 9.17) is 21.7 Å². The predicted octanol–water partition coefficient (Wildman–Crippen LogP) is 3.35. The van der Waals surface area contributed by atoms with Gasteiger partial charge in [0.15, 0.2) is 16.6 Å². The van der Waals surface area contributed by atoms with Gasteiger partial charge < -0.3 is 14.8 Å². The summed E-state index contributed by atoms with van der Waals surface area (Å²) in [7, 11) is 1.59. The van der Waals surface area contributed by atoms with E-state index < -0.39 is 0 Å². The minimum absolute atomic E-state index is 0.124. The molecule has 2 aromatic carbocycles.